The van der Waals surface area contributed by atoms with Crippen molar-refractivity contribution in [1.29, 1.82) is 0 Å². The first-order chi connectivity index (χ1) is 7.13. The molecule has 15 heavy (non-hydrogen) atoms. The normalized spacial score (nSPS) is 12.4. The lowest BCUT2D eigenvalue weighted by molar-refractivity contribution is -0.137. The molecule has 0 spiro atoms. The van der Waals surface area contributed by atoms with Crippen molar-refractivity contribution in [2.45, 2.75) is 19.1 Å². The van der Waals surface area contributed by atoms with Crippen LogP contribution in [0.2, 0.25) is 0 Å². The van der Waals surface area contributed by atoms with Gasteiger partial charge in [0.2, 0.25) is 0 Å². The van der Waals surface area contributed by atoms with Gasteiger partial charge >= 0.3 is 5.97 Å². The van der Waals surface area contributed by atoms with Gasteiger partial charge in [0.15, 0.2) is 0 Å². The van der Waals surface area contributed by atoms with Crippen LogP contribution in [-0.2, 0) is 16.1 Å². The van der Waals surface area contributed by atoms with E-state index in [-0.39, 0.29) is 6.42 Å². The highest BCUT2D eigenvalue weighted by molar-refractivity contribution is 5.67. The maximum Gasteiger partial charge on any atom is 0.305 e. The number of hydrogen-bond donors (Lipinski definition) is 2. The van der Waals surface area contributed by atoms with Crippen LogP contribution in [0.25, 0.3) is 0 Å². The molecule has 0 saturated heterocycles. The van der Waals surface area contributed by atoms with Gasteiger partial charge in [-0.05, 0) is 11.1 Å². The van der Waals surface area contributed by atoms with Gasteiger partial charge < -0.3 is 15.6 Å². The van der Waals surface area contributed by atoms with Crippen molar-refractivity contribution in [3.05, 3.63) is 35.4 Å². The highest BCUT2D eigenvalue weighted by atomic mass is 16.5. The Kier molecular flexibility index (Phi) is 4.27. The molecule has 0 aliphatic carbocycles. The van der Waals surface area contributed by atoms with E-state index in [9.17, 15) is 4.79 Å². The Morgan fingerprint density at radius 1 is 1.47 bits per heavy atom. The molecule has 1 aromatic carbocycles. The van der Waals surface area contributed by atoms with Crippen LogP contribution in [0.3, 0.4) is 0 Å². The molecule has 0 fully saturated rings. The molecule has 0 unspecified atom stereocenters. The van der Waals surface area contributed by atoms with Crippen molar-refractivity contribution in [2.24, 2.45) is 5.73 Å². The van der Waals surface area contributed by atoms with Crippen molar-refractivity contribution >= 4 is 5.97 Å². The minimum Gasteiger partial charge on any atom is -0.481 e. The minimum absolute atomic E-state index is 0.0520. The van der Waals surface area contributed by atoms with E-state index in [0.717, 1.165) is 11.1 Å². The van der Waals surface area contributed by atoms with E-state index in [2.05, 4.69) is 0 Å². The van der Waals surface area contributed by atoms with E-state index >= 15 is 0 Å². The van der Waals surface area contributed by atoms with Gasteiger partial charge in [-0.3, -0.25) is 4.79 Å². The zero-order valence-electron chi connectivity index (χ0n) is 8.64. The van der Waals surface area contributed by atoms with Crippen LogP contribution in [0, 0.1) is 0 Å². The standard InChI is InChI=1S/C11H15NO3/c1-15-7-8-2-4-9(5-3-8)10(12)6-11(13)14/h2-5,10H,6-7,12H2,1H3,(H,13,14)/t10-/m0/s1. The molecule has 1 aromatic rings. The fourth-order valence-corrected chi connectivity index (χ4v) is 1.33. The molecule has 1 rings (SSSR count). The molecule has 4 heteroatoms. The van der Waals surface area contributed by atoms with E-state index in [4.69, 9.17) is 15.6 Å². The van der Waals surface area contributed by atoms with E-state index < -0.39 is 12.0 Å². The summed E-state index contributed by atoms with van der Waals surface area (Å²) in [5, 5.41) is 8.58. The van der Waals surface area contributed by atoms with Crippen molar-refractivity contribution in [3.8, 4) is 0 Å². The first-order valence-electron chi connectivity index (χ1n) is 4.68. The summed E-state index contributed by atoms with van der Waals surface area (Å²) in [6, 6.07) is 7.00. The number of rotatable bonds is 5. The van der Waals surface area contributed by atoms with E-state index in [1.165, 1.54) is 0 Å². The lowest BCUT2D eigenvalue weighted by Gasteiger charge is -2.09. The Labute approximate surface area is 88.7 Å². The molecule has 0 heterocycles. The van der Waals surface area contributed by atoms with Crippen LogP contribution in [-0.4, -0.2) is 18.2 Å². The fraction of sp³-hybridized carbons (Fsp3) is 0.364. The van der Waals surface area contributed by atoms with Crippen LogP contribution in [0.4, 0.5) is 0 Å². The smallest absolute Gasteiger partial charge is 0.305 e. The quantitative estimate of drug-likeness (QED) is 0.766. The number of carboxylic acid groups (broad SMARTS) is 1. The van der Waals surface area contributed by atoms with Crippen LogP contribution >= 0.6 is 0 Å². The summed E-state index contributed by atoms with van der Waals surface area (Å²) >= 11 is 0. The summed E-state index contributed by atoms with van der Waals surface area (Å²) in [7, 11) is 1.63. The number of nitrogens with two attached hydrogens (primary N) is 1. The zero-order valence-corrected chi connectivity index (χ0v) is 8.64. The number of hydrogen-bond acceptors (Lipinski definition) is 3. The third kappa shape index (κ3) is 3.69. The van der Waals surface area contributed by atoms with Crippen LogP contribution in [0.5, 0.6) is 0 Å². The second-order valence-electron chi connectivity index (χ2n) is 3.38. The van der Waals surface area contributed by atoms with Gasteiger partial charge in [-0.1, -0.05) is 24.3 Å². The van der Waals surface area contributed by atoms with Gasteiger partial charge in [-0.15, -0.1) is 0 Å². The Bertz CT molecular complexity index is 321. The van der Waals surface area contributed by atoms with Gasteiger partial charge in [-0.2, -0.15) is 0 Å². The average molecular weight is 209 g/mol. The number of aliphatic carboxylic acids is 1. The number of carboxylic acids is 1. The molecular formula is C11H15NO3. The zero-order chi connectivity index (χ0) is 11.3. The summed E-state index contributed by atoms with van der Waals surface area (Å²) in [6.45, 7) is 0.550. The van der Waals surface area contributed by atoms with Gasteiger partial charge in [0.1, 0.15) is 0 Å². The van der Waals surface area contributed by atoms with E-state index in [1.807, 2.05) is 24.3 Å². The number of methoxy groups -OCH3 is 1. The lowest BCUT2D eigenvalue weighted by Crippen LogP contribution is -2.14. The van der Waals surface area contributed by atoms with Gasteiger partial charge in [0, 0.05) is 13.2 Å². The maximum atomic E-state index is 10.5. The Hall–Kier alpha value is -1.39. The van der Waals surface area contributed by atoms with Crippen molar-refractivity contribution in [2.75, 3.05) is 7.11 Å². The van der Waals surface area contributed by atoms with Gasteiger partial charge in [0.25, 0.3) is 0 Å². The number of carbonyl (C=O) groups is 1. The van der Waals surface area contributed by atoms with Crippen LogP contribution < -0.4 is 5.73 Å². The number of ether oxygens (including phenoxy) is 1. The first kappa shape index (κ1) is 11.7. The molecule has 0 aliphatic heterocycles. The molecule has 3 N–H and O–H groups in total. The molecular weight excluding hydrogens is 194 g/mol. The van der Waals surface area contributed by atoms with Gasteiger partial charge in [0.05, 0.1) is 13.0 Å². The molecule has 1 atom stereocenters. The molecule has 0 aliphatic rings. The summed E-state index contributed by atoms with van der Waals surface area (Å²) in [5.74, 6) is -0.886. The maximum absolute atomic E-state index is 10.5. The van der Waals surface area contributed by atoms with Crippen molar-refractivity contribution in [1.82, 2.24) is 0 Å². The second-order valence-corrected chi connectivity index (χ2v) is 3.38. The summed E-state index contributed by atoms with van der Waals surface area (Å²) in [4.78, 5) is 10.5. The van der Waals surface area contributed by atoms with Crippen molar-refractivity contribution in [3.63, 3.8) is 0 Å². The van der Waals surface area contributed by atoms with Crippen LogP contribution in [0.1, 0.15) is 23.6 Å². The summed E-state index contributed by atoms with van der Waals surface area (Å²) in [6.07, 6.45) is -0.0520. The molecule has 0 amide bonds. The summed E-state index contributed by atoms with van der Waals surface area (Å²) < 4.78 is 4.97. The predicted octanol–water partition coefficient (Wildman–Crippen LogP) is 1.31. The van der Waals surface area contributed by atoms with E-state index in [1.54, 1.807) is 7.11 Å². The molecule has 0 bridgehead atoms. The Morgan fingerprint density at radius 3 is 2.53 bits per heavy atom. The highest BCUT2D eigenvalue weighted by Gasteiger charge is 2.09. The minimum atomic E-state index is -0.886. The van der Waals surface area contributed by atoms with Crippen molar-refractivity contribution < 1.29 is 14.6 Å². The monoisotopic (exact) mass is 209 g/mol. The Morgan fingerprint density at radius 2 is 2.07 bits per heavy atom. The average Bonchev–Trinajstić information content (AvgIpc) is 2.18. The molecule has 0 aromatic heterocycles. The fourth-order valence-electron chi connectivity index (χ4n) is 1.33. The second kappa shape index (κ2) is 5.48. The van der Waals surface area contributed by atoms with Gasteiger partial charge in [-0.25, -0.2) is 0 Å². The molecule has 4 nitrogen and oxygen atoms in total. The Balaban J connectivity index is 2.66. The summed E-state index contributed by atoms with van der Waals surface area (Å²) in [5.41, 5.74) is 7.58. The number of benzene rings is 1. The molecule has 0 radical (unpaired) electrons. The highest BCUT2D eigenvalue weighted by Crippen LogP contribution is 2.15. The van der Waals surface area contributed by atoms with Crippen LogP contribution in [0.15, 0.2) is 24.3 Å². The predicted molar refractivity (Wildman–Crippen MR) is 56.3 cm³/mol. The topological polar surface area (TPSA) is 72.5 Å². The SMILES string of the molecule is COCc1ccc([C@@H](N)CC(=O)O)cc1. The lowest BCUT2D eigenvalue weighted by atomic mass is 10.0. The van der Waals surface area contributed by atoms with E-state index in [0.29, 0.717) is 6.61 Å². The largest absolute Gasteiger partial charge is 0.481 e. The third-order valence-electron chi connectivity index (χ3n) is 2.11. The molecule has 0 saturated carbocycles. The first-order valence-corrected chi connectivity index (χ1v) is 4.68. The third-order valence-corrected chi connectivity index (χ3v) is 2.11. The molecule has 82 valence electrons.